The molecule has 0 bridgehead atoms. The third kappa shape index (κ3) is 4.96. The maximum atomic E-state index is 2.47. The smallest absolute Gasteiger partial charge is 0.0547 e. The standard InChI is InChI=1S/C54H34N2S/c1-3-14-35(15-4-1)40-18-7-10-22-47(40)56-50-30-27-38(33-46(50)54-41(21-13-24-51(54)56)36-16-5-2-6-17-36)37-26-29-49-44(32-37)42-19-8-11-23-48(42)55(49)39-28-31-53-45(34-39)43-20-9-12-25-52(43)57-53/h1-34H. The fraction of sp³-hybridized carbons (Fsp3) is 0. The second-order valence-corrected chi connectivity index (χ2v) is 16.0. The second-order valence-electron chi connectivity index (χ2n) is 14.9. The van der Waals surface area contributed by atoms with E-state index in [2.05, 4.69) is 215 Å². The molecule has 0 spiro atoms. The number of para-hydroxylation sites is 2. The number of hydrogen-bond donors (Lipinski definition) is 0. The van der Waals surface area contributed by atoms with Gasteiger partial charge in [0.05, 0.1) is 27.8 Å². The highest BCUT2D eigenvalue weighted by Gasteiger charge is 2.20. The minimum absolute atomic E-state index is 1.17. The Bertz CT molecular complexity index is 3510. The first-order chi connectivity index (χ1) is 28.3. The van der Waals surface area contributed by atoms with Crippen LogP contribution in [0.2, 0.25) is 0 Å². The number of fused-ring (bicyclic) bond motifs is 9. The van der Waals surface area contributed by atoms with E-state index in [9.17, 15) is 0 Å². The van der Waals surface area contributed by atoms with E-state index in [1.54, 1.807) is 0 Å². The molecule has 0 aliphatic heterocycles. The fourth-order valence-corrected chi connectivity index (χ4v) is 10.3. The average Bonchev–Trinajstić information content (AvgIpc) is 3.94. The lowest BCUT2D eigenvalue weighted by atomic mass is 9.97. The summed E-state index contributed by atoms with van der Waals surface area (Å²) in [5.74, 6) is 0. The van der Waals surface area contributed by atoms with E-state index in [4.69, 9.17) is 0 Å². The SMILES string of the molecule is c1ccc(-c2ccccc2-n2c3ccc(-c4ccc5c(c4)c4ccccc4n5-c4ccc5sc6ccccc6c5c4)cc3c3c(-c4ccccc4)cccc32)cc1. The minimum Gasteiger partial charge on any atom is -0.309 e. The van der Waals surface area contributed by atoms with Gasteiger partial charge < -0.3 is 9.13 Å². The van der Waals surface area contributed by atoms with Crippen molar-refractivity contribution >= 4 is 75.1 Å². The number of thiophene rings is 1. The normalized spacial score (nSPS) is 11.9. The molecule has 0 saturated carbocycles. The summed E-state index contributed by atoms with van der Waals surface area (Å²) in [6.45, 7) is 0. The lowest BCUT2D eigenvalue weighted by Crippen LogP contribution is -1.97. The summed E-state index contributed by atoms with van der Waals surface area (Å²) in [5, 5.41) is 7.64. The van der Waals surface area contributed by atoms with Crippen LogP contribution in [0.25, 0.3) is 109 Å². The molecule has 9 aromatic carbocycles. The first-order valence-electron chi connectivity index (χ1n) is 19.5. The number of hydrogen-bond acceptors (Lipinski definition) is 1. The highest BCUT2D eigenvalue weighted by molar-refractivity contribution is 7.25. The van der Waals surface area contributed by atoms with Crippen molar-refractivity contribution in [2.75, 3.05) is 0 Å². The summed E-state index contributed by atoms with van der Waals surface area (Å²) in [5.41, 5.74) is 14.4. The van der Waals surface area contributed by atoms with Crippen molar-refractivity contribution in [1.29, 1.82) is 0 Å². The summed E-state index contributed by atoms with van der Waals surface area (Å²) in [7, 11) is 0. The van der Waals surface area contributed by atoms with Crippen molar-refractivity contribution in [3.8, 4) is 44.8 Å². The van der Waals surface area contributed by atoms with Crippen LogP contribution >= 0.6 is 11.3 Å². The van der Waals surface area contributed by atoms with Crippen LogP contribution in [0, 0.1) is 0 Å². The van der Waals surface area contributed by atoms with Gasteiger partial charge in [-0.2, -0.15) is 0 Å². The van der Waals surface area contributed by atoms with E-state index in [0.717, 1.165) is 0 Å². The molecule has 3 heteroatoms. The predicted molar refractivity (Wildman–Crippen MR) is 244 cm³/mol. The highest BCUT2D eigenvalue weighted by atomic mass is 32.1. The van der Waals surface area contributed by atoms with Crippen LogP contribution in [0.3, 0.4) is 0 Å². The van der Waals surface area contributed by atoms with E-state index in [-0.39, 0.29) is 0 Å². The topological polar surface area (TPSA) is 9.86 Å². The molecule has 12 rings (SSSR count). The average molecular weight is 743 g/mol. The van der Waals surface area contributed by atoms with Crippen LogP contribution in [0.4, 0.5) is 0 Å². The Hall–Kier alpha value is -7.20. The molecule has 0 N–H and O–H groups in total. The molecule has 0 saturated heterocycles. The van der Waals surface area contributed by atoms with Crippen molar-refractivity contribution in [2.45, 2.75) is 0 Å². The van der Waals surface area contributed by atoms with Gasteiger partial charge in [0.2, 0.25) is 0 Å². The zero-order valence-electron chi connectivity index (χ0n) is 30.9. The fourth-order valence-electron chi connectivity index (χ4n) is 9.18. The Kier molecular flexibility index (Phi) is 7.13. The number of aromatic nitrogens is 2. The van der Waals surface area contributed by atoms with E-state index < -0.39 is 0 Å². The summed E-state index contributed by atoms with van der Waals surface area (Å²) in [6, 6.07) is 75.7. The van der Waals surface area contributed by atoms with Gasteiger partial charge in [0.1, 0.15) is 0 Å². The van der Waals surface area contributed by atoms with E-state index in [1.807, 2.05) is 11.3 Å². The maximum absolute atomic E-state index is 2.47. The van der Waals surface area contributed by atoms with E-state index >= 15 is 0 Å². The Morgan fingerprint density at radius 1 is 0.298 bits per heavy atom. The van der Waals surface area contributed by atoms with Crippen LogP contribution < -0.4 is 0 Å². The van der Waals surface area contributed by atoms with Crippen molar-refractivity contribution < 1.29 is 0 Å². The summed E-state index contributed by atoms with van der Waals surface area (Å²) >= 11 is 1.86. The molecule has 0 amide bonds. The minimum atomic E-state index is 1.17. The van der Waals surface area contributed by atoms with Gasteiger partial charge in [0.25, 0.3) is 0 Å². The molecule has 0 radical (unpaired) electrons. The zero-order valence-corrected chi connectivity index (χ0v) is 31.7. The molecule has 0 fully saturated rings. The molecule has 0 atom stereocenters. The third-order valence-electron chi connectivity index (χ3n) is 11.7. The Morgan fingerprint density at radius 3 is 1.68 bits per heavy atom. The lowest BCUT2D eigenvalue weighted by molar-refractivity contribution is 1.18. The van der Waals surface area contributed by atoms with Crippen LogP contribution in [0.15, 0.2) is 206 Å². The molecule has 266 valence electrons. The van der Waals surface area contributed by atoms with Crippen molar-refractivity contribution in [3.63, 3.8) is 0 Å². The van der Waals surface area contributed by atoms with Crippen LogP contribution in [0.5, 0.6) is 0 Å². The molecule has 0 aliphatic rings. The Morgan fingerprint density at radius 2 is 0.877 bits per heavy atom. The number of rotatable bonds is 5. The maximum Gasteiger partial charge on any atom is 0.0547 e. The zero-order chi connectivity index (χ0) is 37.5. The van der Waals surface area contributed by atoms with Gasteiger partial charge in [0, 0.05) is 53.0 Å². The molecular formula is C54H34N2S. The van der Waals surface area contributed by atoms with Gasteiger partial charge in [-0.05, 0) is 94.5 Å². The lowest BCUT2D eigenvalue weighted by Gasteiger charge is -2.14. The predicted octanol–water partition coefficient (Wildman–Crippen LogP) is 15.2. The Balaban J connectivity index is 1.08. The van der Waals surface area contributed by atoms with Crippen LogP contribution in [-0.2, 0) is 0 Å². The van der Waals surface area contributed by atoms with Gasteiger partial charge >= 0.3 is 0 Å². The first-order valence-corrected chi connectivity index (χ1v) is 20.3. The molecule has 3 heterocycles. The monoisotopic (exact) mass is 742 g/mol. The molecule has 3 aromatic heterocycles. The molecule has 12 aromatic rings. The van der Waals surface area contributed by atoms with Gasteiger partial charge in [-0.25, -0.2) is 0 Å². The molecule has 2 nitrogen and oxygen atoms in total. The first kappa shape index (κ1) is 32.1. The van der Waals surface area contributed by atoms with Gasteiger partial charge in [0.15, 0.2) is 0 Å². The molecular weight excluding hydrogens is 709 g/mol. The second kappa shape index (κ2) is 12.7. The Labute approximate surface area is 333 Å². The van der Waals surface area contributed by atoms with Crippen molar-refractivity contribution in [1.82, 2.24) is 9.13 Å². The molecule has 57 heavy (non-hydrogen) atoms. The van der Waals surface area contributed by atoms with Crippen LogP contribution in [0.1, 0.15) is 0 Å². The molecule has 0 unspecified atom stereocenters. The van der Waals surface area contributed by atoms with Gasteiger partial charge in [-0.3, -0.25) is 0 Å². The van der Waals surface area contributed by atoms with Gasteiger partial charge in [-0.1, -0.05) is 140 Å². The highest BCUT2D eigenvalue weighted by Crippen LogP contribution is 2.43. The number of nitrogens with zero attached hydrogens (tertiary/aromatic N) is 2. The largest absolute Gasteiger partial charge is 0.309 e. The van der Waals surface area contributed by atoms with Gasteiger partial charge in [-0.15, -0.1) is 11.3 Å². The summed E-state index contributed by atoms with van der Waals surface area (Å²) < 4.78 is 7.55. The third-order valence-corrected chi connectivity index (χ3v) is 12.9. The number of benzene rings is 9. The van der Waals surface area contributed by atoms with Crippen LogP contribution in [-0.4, -0.2) is 9.13 Å². The molecule has 0 aliphatic carbocycles. The quantitative estimate of drug-likeness (QED) is 0.166. The van der Waals surface area contributed by atoms with E-state index in [0.29, 0.717) is 0 Å². The van der Waals surface area contributed by atoms with E-state index in [1.165, 1.54) is 109 Å². The summed E-state index contributed by atoms with van der Waals surface area (Å²) in [6.07, 6.45) is 0. The van der Waals surface area contributed by atoms with Crippen molar-refractivity contribution in [3.05, 3.63) is 206 Å². The summed E-state index contributed by atoms with van der Waals surface area (Å²) in [4.78, 5) is 0. The van der Waals surface area contributed by atoms with Crippen molar-refractivity contribution in [2.24, 2.45) is 0 Å².